The van der Waals surface area contributed by atoms with E-state index in [-0.39, 0.29) is 12.6 Å². The summed E-state index contributed by atoms with van der Waals surface area (Å²) in [6, 6.07) is 5.35. The second-order valence-electron chi connectivity index (χ2n) is 4.35. The molecule has 1 aliphatic heterocycles. The van der Waals surface area contributed by atoms with E-state index in [2.05, 4.69) is 4.90 Å². The highest BCUT2D eigenvalue weighted by Gasteiger charge is 2.23. The number of anilines is 1. The average Bonchev–Trinajstić information content (AvgIpc) is 2.38. The predicted molar refractivity (Wildman–Crippen MR) is 68.9 cm³/mol. The fraction of sp³-hybridized carbons (Fsp3) is 0.462. The first-order valence-corrected chi connectivity index (χ1v) is 6.26. The Labute approximate surface area is 106 Å². The van der Waals surface area contributed by atoms with Crippen molar-refractivity contribution in [1.82, 2.24) is 0 Å². The number of aliphatic hydroxyl groups excluding tert-OH is 1. The Balaban J connectivity index is 2.36. The zero-order chi connectivity index (χ0) is 12.3. The van der Waals surface area contributed by atoms with Gasteiger partial charge in [0.15, 0.2) is 6.29 Å². The summed E-state index contributed by atoms with van der Waals surface area (Å²) in [7, 11) is 0. The quantitative estimate of drug-likeness (QED) is 0.842. The molecule has 92 valence electrons. The van der Waals surface area contributed by atoms with Crippen molar-refractivity contribution < 1.29 is 9.90 Å². The number of aliphatic hydroxyl groups is 1. The van der Waals surface area contributed by atoms with Gasteiger partial charge in [0, 0.05) is 22.8 Å². The molecule has 1 N–H and O–H groups in total. The number of hydrogen-bond acceptors (Lipinski definition) is 3. The van der Waals surface area contributed by atoms with E-state index in [1.807, 2.05) is 0 Å². The van der Waals surface area contributed by atoms with Crippen LogP contribution in [-0.2, 0) is 0 Å². The maximum absolute atomic E-state index is 11.0. The Kier molecular flexibility index (Phi) is 4.02. The lowest BCUT2D eigenvalue weighted by Crippen LogP contribution is -2.42. The maximum Gasteiger partial charge on any atom is 0.152 e. The highest BCUT2D eigenvalue weighted by molar-refractivity contribution is 6.31. The number of benzene rings is 1. The van der Waals surface area contributed by atoms with Crippen molar-refractivity contribution in [2.45, 2.75) is 25.3 Å². The normalized spacial score (nSPS) is 20.4. The van der Waals surface area contributed by atoms with Gasteiger partial charge in [-0.1, -0.05) is 11.6 Å². The third-order valence-electron chi connectivity index (χ3n) is 3.27. The summed E-state index contributed by atoms with van der Waals surface area (Å²) in [5.74, 6) is 0. The predicted octanol–water partition coefficient (Wildman–Crippen LogP) is 2.50. The molecule has 4 heteroatoms. The number of aldehydes is 1. The Morgan fingerprint density at radius 2 is 2.29 bits per heavy atom. The molecule has 2 rings (SSSR count). The molecule has 0 aromatic heterocycles. The molecule has 1 unspecified atom stereocenters. The van der Waals surface area contributed by atoms with Gasteiger partial charge in [0.25, 0.3) is 0 Å². The molecule has 0 radical (unpaired) electrons. The average molecular weight is 254 g/mol. The monoisotopic (exact) mass is 253 g/mol. The van der Waals surface area contributed by atoms with Crippen molar-refractivity contribution in [3.63, 3.8) is 0 Å². The number of rotatable bonds is 3. The van der Waals surface area contributed by atoms with Crippen LogP contribution < -0.4 is 4.90 Å². The van der Waals surface area contributed by atoms with E-state index in [0.29, 0.717) is 10.6 Å². The Hall–Kier alpha value is -1.06. The minimum atomic E-state index is 0.0981. The number of nitrogens with zero attached hydrogens (tertiary/aromatic N) is 1. The van der Waals surface area contributed by atoms with E-state index in [4.69, 9.17) is 11.6 Å². The van der Waals surface area contributed by atoms with Crippen LogP contribution in [0, 0.1) is 0 Å². The Morgan fingerprint density at radius 1 is 1.47 bits per heavy atom. The van der Waals surface area contributed by atoms with Gasteiger partial charge in [-0.05, 0) is 37.5 Å². The summed E-state index contributed by atoms with van der Waals surface area (Å²) in [5.41, 5.74) is 1.47. The van der Waals surface area contributed by atoms with Gasteiger partial charge in [-0.3, -0.25) is 4.79 Å². The highest BCUT2D eigenvalue weighted by atomic mass is 35.5. The fourth-order valence-corrected chi connectivity index (χ4v) is 2.54. The van der Waals surface area contributed by atoms with Gasteiger partial charge in [-0.15, -0.1) is 0 Å². The van der Waals surface area contributed by atoms with Crippen molar-refractivity contribution in [1.29, 1.82) is 0 Å². The maximum atomic E-state index is 11.0. The molecule has 1 fully saturated rings. The molecule has 1 aromatic carbocycles. The number of halogens is 1. The first-order chi connectivity index (χ1) is 8.26. The van der Waals surface area contributed by atoms with Gasteiger partial charge in [0.2, 0.25) is 0 Å². The molecule has 1 atom stereocenters. The van der Waals surface area contributed by atoms with Gasteiger partial charge < -0.3 is 10.0 Å². The smallest absolute Gasteiger partial charge is 0.152 e. The standard InChI is InChI=1S/C13H16ClNO2/c14-11-5-4-10(8-16)13(7-11)15-6-2-1-3-12(15)9-17/h4-5,7-8,12,17H,1-3,6,9H2. The molecule has 0 saturated carbocycles. The molecular weight excluding hydrogens is 238 g/mol. The van der Waals surface area contributed by atoms with Crippen molar-refractivity contribution in [3.05, 3.63) is 28.8 Å². The van der Waals surface area contributed by atoms with Crippen LogP contribution in [0.1, 0.15) is 29.6 Å². The lowest BCUT2D eigenvalue weighted by atomic mass is 10.0. The van der Waals surface area contributed by atoms with Crippen LogP contribution in [-0.4, -0.2) is 30.6 Å². The topological polar surface area (TPSA) is 40.5 Å². The van der Waals surface area contributed by atoms with E-state index in [1.165, 1.54) is 0 Å². The van der Waals surface area contributed by atoms with Gasteiger partial charge >= 0.3 is 0 Å². The summed E-state index contributed by atoms with van der Waals surface area (Å²) < 4.78 is 0. The van der Waals surface area contributed by atoms with E-state index in [1.54, 1.807) is 18.2 Å². The van der Waals surface area contributed by atoms with Crippen LogP contribution in [0.25, 0.3) is 0 Å². The van der Waals surface area contributed by atoms with Gasteiger partial charge in [-0.25, -0.2) is 0 Å². The van der Waals surface area contributed by atoms with E-state index in [9.17, 15) is 9.90 Å². The van der Waals surface area contributed by atoms with Crippen molar-refractivity contribution in [3.8, 4) is 0 Å². The molecule has 17 heavy (non-hydrogen) atoms. The van der Waals surface area contributed by atoms with Crippen LogP contribution in [0.5, 0.6) is 0 Å². The number of carbonyl (C=O) groups is 1. The van der Waals surface area contributed by atoms with Crippen LogP contribution in [0.2, 0.25) is 5.02 Å². The summed E-state index contributed by atoms with van der Waals surface area (Å²) in [5, 5.41) is 10.0. The van der Waals surface area contributed by atoms with Gasteiger partial charge in [-0.2, -0.15) is 0 Å². The summed E-state index contributed by atoms with van der Waals surface area (Å²) in [4.78, 5) is 13.1. The second kappa shape index (κ2) is 5.52. The number of piperidine rings is 1. The second-order valence-corrected chi connectivity index (χ2v) is 4.78. The van der Waals surface area contributed by atoms with Crippen molar-refractivity contribution in [2.24, 2.45) is 0 Å². The first-order valence-electron chi connectivity index (χ1n) is 5.88. The summed E-state index contributed by atoms with van der Waals surface area (Å²) in [6.07, 6.45) is 4.01. The third kappa shape index (κ3) is 2.61. The zero-order valence-electron chi connectivity index (χ0n) is 9.60. The van der Waals surface area contributed by atoms with Gasteiger partial charge in [0.1, 0.15) is 0 Å². The minimum absolute atomic E-state index is 0.0981. The summed E-state index contributed by atoms with van der Waals surface area (Å²) in [6.45, 7) is 0.983. The van der Waals surface area contributed by atoms with E-state index in [0.717, 1.165) is 37.8 Å². The molecule has 1 aromatic rings. The van der Waals surface area contributed by atoms with Crippen LogP contribution >= 0.6 is 11.6 Å². The zero-order valence-corrected chi connectivity index (χ0v) is 10.4. The molecule has 0 bridgehead atoms. The molecular formula is C13H16ClNO2. The van der Waals surface area contributed by atoms with Gasteiger partial charge in [0.05, 0.1) is 12.6 Å². The lowest BCUT2D eigenvalue weighted by Gasteiger charge is -2.37. The van der Waals surface area contributed by atoms with E-state index < -0.39 is 0 Å². The molecule has 1 saturated heterocycles. The molecule has 3 nitrogen and oxygen atoms in total. The molecule has 1 heterocycles. The van der Waals surface area contributed by atoms with Crippen LogP contribution in [0.3, 0.4) is 0 Å². The summed E-state index contributed by atoms with van der Waals surface area (Å²) >= 11 is 5.98. The molecule has 0 amide bonds. The van der Waals surface area contributed by atoms with Crippen molar-refractivity contribution in [2.75, 3.05) is 18.1 Å². The van der Waals surface area contributed by atoms with Crippen LogP contribution in [0.15, 0.2) is 18.2 Å². The Bertz CT molecular complexity index is 408. The number of carbonyl (C=O) groups excluding carboxylic acids is 1. The Morgan fingerprint density at radius 3 is 3.00 bits per heavy atom. The van der Waals surface area contributed by atoms with Crippen LogP contribution in [0.4, 0.5) is 5.69 Å². The largest absolute Gasteiger partial charge is 0.394 e. The fourth-order valence-electron chi connectivity index (χ4n) is 2.37. The lowest BCUT2D eigenvalue weighted by molar-refractivity contribution is 0.112. The van der Waals surface area contributed by atoms with Crippen molar-refractivity contribution >= 4 is 23.6 Å². The SMILES string of the molecule is O=Cc1ccc(Cl)cc1N1CCCCC1CO. The molecule has 1 aliphatic rings. The molecule has 0 aliphatic carbocycles. The molecule has 0 spiro atoms. The third-order valence-corrected chi connectivity index (χ3v) is 3.50. The number of hydrogen-bond donors (Lipinski definition) is 1. The highest BCUT2D eigenvalue weighted by Crippen LogP contribution is 2.29. The minimum Gasteiger partial charge on any atom is -0.394 e. The first kappa shape index (κ1) is 12.4. The van der Waals surface area contributed by atoms with E-state index >= 15 is 0 Å².